The highest BCUT2D eigenvalue weighted by Crippen LogP contribution is 1.97. The Labute approximate surface area is 110 Å². The van der Waals surface area contributed by atoms with Crippen LogP contribution in [0.5, 0.6) is 0 Å². The molecule has 5 nitrogen and oxygen atoms in total. The number of aromatic nitrogens is 3. The van der Waals surface area contributed by atoms with Crippen LogP contribution in [0.3, 0.4) is 0 Å². The molecular formula is C13H26N4O. The molecule has 0 saturated carbocycles. The lowest BCUT2D eigenvalue weighted by Gasteiger charge is -2.10. The first kappa shape index (κ1) is 15.1. The predicted molar refractivity (Wildman–Crippen MR) is 72.2 cm³/mol. The molecule has 0 unspecified atom stereocenters. The summed E-state index contributed by atoms with van der Waals surface area (Å²) in [6.07, 6.45) is 1.61. The summed E-state index contributed by atoms with van der Waals surface area (Å²) in [6.45, 7) is 12.7. The van der Waals surface area contributed by atoms with E-state index in [4.69, 9.17) is 4.74 Å². The van der Waals surface area contributed by atoms with Gasteiger partial charge in [0.2, 0.25) is 0 Å². The number of nitrogens with one attached hydrogen (secondary N) is 1. The first-order valence-electron chi connectivity index (χ1n) is 6.74. The van der Waals surface area contributed by atoms with Gasteiger partial charge in [-0.05, 0) is 18.4 Å². The molecule has 1 aromatic rings. The monoisotopic (exact) mass is 254 g/mol. The molecule has 0 bridgehead atoms. The molecule has 0 radical (unpaired) electrons. The quantitative estimate of drug-likeness (QED) is 0.681. The lowest BCUT2D eigenvalue weighted by Crippen LogP contribution is -2.22. The van der Waals surface area contributed by atoms with Crippen LogP contribution in [0.4, 0.5) is 0 Å². The third kappa shape index (κ3) is 6.12. The van der Waals surface area contributed by atoms with Gasteiger partial charge in [0, 0.05) is 6.61 Å². The summed E-state index contributed by atoms with van der Waals surface area (Å²) in [5.41, 5.74) is 0. The number of rotatable bonds is 9. The van der Waals surface area contributed by atoms with Crippen LogP contribution in [-0.4, -0.2) is 34.5 Å². The zero-order chi connectivity index (χ0) is 13.4. The van der Waals surface area contributed by atoms with E-state index < -0.39 is 0 Å². The van der Waals surface area contributed by atoms with Crippen LogP contribution in [0.25, 0.3) is 0 Å². The maximum atomic E-state index is 5.56. The van der Waals surface area contributed by atoms with Crippen LogP contribution in [0, 0.1) is 11.8 Å². The Bertz CT molecular complexity index is 323. The molecule has 0 amide bonds. The Morgan fingerprint density at radius 3 is 2.72 bits per heavy atom. The smallest absolute Gasteiger partial charge is 0.140 e. The molecule has 1 rings (SSSR count). The minimum absolute atomic E-state index is 0.577. The molecule has 0 aliphatic heterocycles. The van der Waals surface area contributed by atoms with Gasteiger partial charge in [-0.25, -0.2) is 9.67 Å². The highest BCUT2D eigenvalue weighted by molar-refractivity contribution is 4.83. The van der Waals surface area contributed by atoms with Gasteiger partial charge in [0.1, 0.15) is 12.2 Å². The SMILES string of the molecule is CC(C)CNCc1ncnn1CCOCC(C)C. The van der Waals surface area contributed by atoms with Gasteiger partial charge >= 0.3 is 0 Å². The van der Waals surface area contributed by atoms with Crippen molar-refractivity contribution in [2.24, 2.45) is 11.8 Å². The van der Waals surface area contributed by atoms with Gasteiger partial charge in [-0.1, -0.05) is 27.7 Å². The second kappa shape index (κ2) is 8.21. The van der Waals surface area contributed by atoms with Crippen LogP contribution < -0.4 is 5.32 Å². The van der Waals surface area contributed by atoms with Gasteiger partial charge in [-0.15, -0.1) is 0 Å². The van der Waals surface area contributed by atoms with E-state index in [1.807, 2.05) is 4.68 Å². The van der Waals surface area contributed by atoms with Gasteiger partial charge in [0.15, 0.2) is 0 Å². The molecule has 18 heavy (non-hydrogen) atoms. The molecule has 0 spiro atoms. The van der Waals surface area contributed by atoms with Crippen molar-refractivity contribution in [2.45, 2.75) is 40.8 Å². The first-order chi connectivity index (χ1) is 8.59. The van der Waals surface area contributed by atoms with E-state index in [0.717, 1.165) is 32.1 Å². The standard InChI is InChI=1S/C13H26N4O/c1-11(2)7-14-8-13-15-10-16-17(13)5-6-18-9-12(3)4/h10-12,14H,5-9H2,1-4H3. The van der Waals surface area contributed by atoms with Crippen LogP contribution in [0.15, 0.2) is 6.33 Å². The molecule has 0 atom stereocenters. The second-order valence-electron chi connectivity index (χ2n) is 5.39. The van der Waals surface area contributed by atoms with Crippen LogP contribution in [0.1, 0.15) is 33.5 Å². The number of ether oxygens (including phenoxy) is 1. The van der Waals surface area contributed by atoms with Gasteiger partial charge in [-0.2, -0.15) is 5.10 Å². The molecule has 1 heterocycles. The predicted octanol–water partition coefficient (Wildman–Crippen LogP) is 1.70. The van der Waals surface area contributed by atoms with Crippen molar-refractivity contribution in [3.8, 4) is 0 Å². The largest absolute Gasteiger partial charge is 0.379 e. The van der Waals surface area contributed by atoms with E-state index in [-0.39, 0.29) is 0 Å². The number of hydrogen-bond donors (Lipinski definition) is 1. The zero-order valence-electron chi connectivity index (χ0n) is 12.0. The number of hydrogen-bond acceptors (Lipinski definition) is 4. The highest BCUT2D eigenvalue weighted by Gasteiger charge is 2.04. The van der Waals surface area contributed by atoms with Crippen LogP contribution in [0.2, 0.25) is 0 Å². The van der Waals surface area contributed by atoms with Crippen LogP contribution >= 0.6 is 0 Å². The third-order valence-corrected chi connectivity index (χ3v) is 2.43. The van der Waals surface area contributed by atoms with E-state index >= 15 is 0 Å². The van der Waals surface area contributed by atoms with Crippen molar-refractivity contribution >= 4 is 0 Å². The van der Waals surface area contributed by atoms with Crippen molar-refractivity contribution in [2.75, 3.05) is 19.8 Å². The first-order valence-corrected chi connectivity index (χ1v) is 6.74. The van der Waals surface area contributed by atoms with Crippen molar-refractivity contribution < 1.29 is 4.74 Å². The summed E-state index contributed by atoms with van der Waals surface area (Å²) in [5.74, 6) is 2.20. The topological polar surface area (TPSA) is 52.0 Å². The summed E-state index contributed by atoms with van der Waals surface area (Å²) in [5, 5.41) is 7.59. The van der Waals surface area contributed by atoms with E-state index in [1.165, 1.54) is 0 Å². The molecule has 0 aliphatic rings. The Morgan fingerprint density at radius 1 is 1.28 bits per heavy atom. The van der Waals surface area contributed by atoms with E-state index in [0.29, 0.717) is 18.4 Å². The van der Waals surface area contributed by atoms with Crippen molar-refractivity contribution in [1.82, 2.24) is 20.1 Å². The number of nitrogens with zero attached hydrogens (tertiary/aromatic N) is 3. The third-order valence-electron chi connectivity index (χ3n) is 2.43. The average Bonchev–Trinajstić information content (AvgIpc) is 2.71. The zero-order valence-corrected chi connectivity index (χ0v) is 12.0. The maximum absolute atomic E-state index is 5.56. The summed E-state index contributed by atoms with van der Waals surface area (Å²) in [4.78, 5) is 4.26. The molecule has 5 heteroatoms. The molecule has 0 aliphatic carbocycles. The molecule has 104 valence electrons. The normalized spacial score (nSPS) is 11.7. The summed E-state index contributed by atoms with van der Waals surface area (Å²) >= 11 is 0. The van der Waals surface area contributed by atoms with Crippen molar-refractivity contribution in [1.29, 1.82) is 0 Å². The summed E-state index contributed by atoms with van der Waals surface area (Å²) < 4.78 is 7.47. The Hall–Kier alpha value is -0.940. The maximum Gasteiger partial charge on any atom is 0.140 e. The van der Waals surface area contributed by atoms with Gasteiger partial charge in [0.25, 0.3) is 0 Å². The fourth-order valence-corrected chi connectivity index (χ4v) is 1.55. The Kier molecular flexibility index (Phi) is 6.90. The Morgan fingerprint density at radius 2 is 2.06 bits per heavy atom. The van der Waals surface area contributed by atoms with Crippen molar-refractivity contribution in [3.05, 3.63) is 12.2 Å². The fraction of sp³-hybridized carbons (Fsp3) is 0.846. The van der Waals surface area contributed by atoms with E-state index in [1.54, 1.807) is 6.33 Å². The fourth-order valence-electron chi connectivity index (χ4n) is 1.55. The molecule has 1 aromatic heterocycles. The second-order valence-corrected chi connectivity index (χ2v) is 5.39. The van der Waals surface area contributed by atoms with E-state index in [2.05, 4.69) is 43.1 Å². The van der Waals surface area contributed by atoms with Crippen molar-refractivity contribution in [3.63, 3.8) is 0 Å². The summed E-state index contributed by atoms with van der Waals surface area (Å²) in [7, 11) is 0. The molecular weight excluding hydrogens is 228 g/mol. The highest BCUT2D eigenvalue weighted by atomic mass is 16.5. The molecule has 0 aromatic carbocycles. The molecule has 0 fully saturated rings. The van der Waals surface area contributed by atoms with Gasteiger partial charge in [-0.3, -0.25) is 0 Å². The Balaban J connectivity index is 2.26. The minimum Gasteiger partial charge on any atom is -0.379 e. The minimum atomic E-state index is 0.577. The van der Waals surface area contributed by atoms with Gasteiger partial charge < -0.3 is 10.1 Å². The molecule has 0 saturated heterocycles. The summed E-state index contributed by atoms with van der Waals surface area (Å²) in [6, 6.07) is 0. The lowest BCUT2D eigenvalue weighted by atomic mass is 10.2. The molecule has 1 N–H and O–H groups in total. The van der Waals surface area contributed by atoms with Gasteiger partial charge in [0.05, 0.1) is 19.7 Å². The van der Waals surface area contributed by atoms with Crippen LogP contribution in [-0.2, 0) is 17.8 Å². The van der Waals surface area contributed by atoms with E-state index in [9.17, 15) is 0 Å². The average molecular weight is 254 g/mol. The lowest BCUT2D eigenvalue weighted by molar-refractivity contribution is 0.100.